The Labute approximate surface area is 168 Å². The molecule has 134 valence electrons. The van der Waals surface area contributed by atoms with Crippen molar-refractivity contribution >= 4 is 27.7 Å². The minimum absolute atomic E-state index is 0.582. The summed E-state index contributed by atoms with van der Waals surface area (Å²) < 4.78 is 6.99. The SMILES string of the molecule is BrC(=Cc1ccccc1)C1=NCCc2cc(OCc3ccccc3)ccc21. The van der Waals surface area contributed by atoms with Crippen LogP contribution in [-0.4, -0.2) is 12.3 Å². The number of benzene rings is 3. The maximum absolute atomic E-state index is 5.98. The summed E-state index contributed by atoms with van der Waals surface area (Å²) in [6.45, 7) is 1.38. The van der Waals surface area contributed by atoms with E-state index in [1.54, 1.807) is 0 Å². The van der Waals surface area contributed by atoms with E-state index >= 15 is 0 Å². The van der Waals surface area contributed by atoms with E-state index in [1.165, 1.54) is 16.7 Å². The lowest BCUT2D eigenvalue weighted by Crippen LogP contribution is -2.13. The summed E-state index contributed by atoms with van der Waals surface area (Å²) in [5.41, 5.74) is 5.79. The van der Waals surface area contributed by atoms with E-state index in [0.29, 0.717) is 6.61 Å². The number of ether oxygens (including phenoxy) is 1. The molecule has 0 atom stereocenters. The zero-order chi connectivity index (χ0) is 18.5. The van der Waals surface area contributed by atoms with Crippen molar-refractivity contribution in [3.63, 3.8) is 0 Å². The van der Waals surface area contributed by atoms with Crippen LogP contribution in [0.15, 0.2) is 88.3 Å². The number of nitrogens with zero attached hydrogens (tertiary/aromatic N) is 1. The second kappa shape index (κ2) is 8.36. The average molecular weight is 418 g/mol. The predicted octanol–water partition coefficient (Wildman–Crippen LogP) is 6.05. The number of fused-ring (bicyclic) bond motifs is 1. The summed E-state index contributed by atoms with van der Waals surface area (Å²) in [6, 6.07) is 26.8. The predicted molar refractivity (Wildman–Crippen MR) is 116 cm³/mol. The zero-order valence-electron chi connectivity index (χ0n) is 14.9. The smallest absolute Gasteiger partial charge is 0.120 e. The molecule has 3 aromatic carbocycles. The van der Waals surface area contributed by atoms with E-state index in [1.807, 2.05) is 42.5 Å². The van der Waals surface area contributed by atoms with Crippen LogP contribution in [0.5, 0.6) is 5.75 Å². The zero-order valence-corrected chi connectivity index (χ0v) is 16.5. The van der Waals surface area contributed by atoms with Gasteiger partial charge in [-0.05, 0) is 63.3 Å². The first-order chi connectivity index (χ1) is 13.3. The first-order valence-corrected chi connectivity index (χ1v) is 9.86. The van der Waals surface area contributed by atoms with Crippen molar-refractivity contribution in [2.24, 2.45) is 4.99 Å². The molecule has 1 aliphatic heterocycles. The van der Waals surface area contributed by atoms with Crippen LogP contribution in [0.4, 0.5) is 0 Å². The van der Waals surface area contributed by atoms with E-state index in [-0.39, 0.29) is 0 Å². The van der Waals surface area contributed by atoms with Crippen LogP contribution in [0.3, 0.4) is 0 Å². The maximum Gasteiger partial charge on any atom is 0.120 e. The largest absolute Gasteiger partial charge is 0.489 e. The molecule has 1 heterocycles. The highest BCUT2D eigenvalue weighted by molar-refractivity contribution is 9.12. The lowest BCUT2D eigenvalue weighted by molar-refractivity contribution is 0.306. The van der Waals surface area contributed by atoms with Gasteiger partial charge in [0.05, 0.1) is 5.71 Å². The summed E-state index contributed by atoms with van der Waals surface area (Å²) in [7, 11) is 0. The van der Waals surface area contributed by atoms with Crippen LogP contribution in [0.2, 0.25) is 0 Å². The lowest BCUT2D eigenvalue weighted by Gasteiger charge is -2.18. The third-order valence-corrected chi connectivity index (χ3v) is 5.15. The second-order valence-corrected chi connectivity index (χ2v) is 7.33. The van der Waals surface area contributed by atoms with Crippen molar-refractivity contribution in [3.05, 3.63) is 106 Å². The molecule has 4 rings (SSSR count). The number of hydrogen-bond acceptors (Lipinski definition) is 2. The van der Waals surface area contributed by atoms with E-state index in [0.717, 1.165) is 34.5 Å². The molecule has 2 nitrogen and oxygen atoms in total. The summed E-state index contributed by atoms with van der Waals surface area (Å²) in [4.78, 5) is 4.75. The van der Waals surface area contributed by atoms with Gasteiger partial charge in [-0.2, -0.15) is 0 Å². The molecule has 0 saturated carbocycles. The van der Waals surface area contributed by atoms with Gasteiger partial charge in [0.2, 0.25) is 0 Å². The fourth-order valence-corrected chi connectivity index (χ4v) is 3.78. The van der Waals surface area contributed by atoms with Crippen molar-refractivity contribution in [1.82, 2.24) is 0 Å². The Morgan fingerprint density at radius 1 is 0.963 bits per heavy atom. The Balaban J connectivity index is 1.54. The molecule has 0 radical (unpaired) electrons. The highest BCUT2D eigenvalue weighted by Crippen LogP contribution is 2.28. The minimum atomic E-state index is 0.582. The van der Waals surface area contributed by atoms with E-state index in [9.17, 15) is 0 Å². The molecule has 3 heteroatoms. The fraction of sp³-hybridized carbons (Fsp3) is 0.125. The van der Waals surface area contributed by atoms with E-state index in [2.05, 4.69) is 58.4 Å². The normalized spacial score (nSPS) is 13.7. The van der Waals surface area contributed by atoms with Gasteiger partial charge in [-0.25, -0.2) is 0 Å². The highest BCUT2D eigenvalue weighted by Gasteiger charge is 2.17. The molecule has 0 N–H and O–H groups in total. The van der Waals surface area contributed by atoms with E-state index in [4.69, 9.17) is 9.73 Å². The van der Waals surface area contributed by atoms with Gasteiger partial charge in [0.15, 0.2) is 0 Å². The van der Waals surface area contributed by atoms with Gasteiger partial charge in [-0.15, -0.1) is 0 Å². The quantitative estimate of drug-likeness (QED) is 0.495. The molecular weight excluding hydrogens is 398 g/mol. The van der Waals surface area contributed by atoms with Gasteiger partial charge in [-0.1, -0.05) is 60.7 Å². The molecule has 3 aromatic rings. The summed E-state index contributed by atoms with van der Waals surface area (Å²) >= 11 is 3.72. The molecule has 1 aliphatic rings. The third-order valence-electron chi connectivity index (χ3n) is 4.55. The third kappa shape index (κ3) is 4.37. The first-order valence-electron chi connectivity index (χ1n) is 9.07. The number of allylic oxidation sites excluding steroid dienone is 1. The summed E-state index contributed by atoms with van der Waals surface area (Å²) in [6.07, 6.45) is 3.06. The molecule has 0 amide bonds. The number of aliphatic imine (C=N–C) groups is 1. The van der Waals surface area contributed by atoms with Crippen LogP contribution in [0.1, 0.15) is 22.3 Å². The van der Waals surface area contributed by atoms with Gasteiger partial charge < -0.3 is 4.74 Å². The van der Waals surface area contributed by atoms with Gasteiger partial charge in [0.25, 0.3) is 0 Å². The van der Waals surface area contributed by atoms with Crippen molar-refractivity contribution in [2.75, 3.05) is 6.54 Å². The van der Waals surface area contributed by atoms with Gasteiger partial charge in [0, 0.05) is 16.6 Å². The molecule has 0 spiro atoms. The van der Waals surface area contributed by atoms with Crippen LogP contribution in [0.25, 0.3) is 6.08 Å². The van der Waals surface area contributed by atoms with Gasteiger partial charge in [-0.3, -0.25) is 4.99 Å². The monoisotopic (exact) mass is 417 g/mol. The van der Waals surface area contributed by atoms with Crippen LogP contribution >= 0.6 is 15.9 Å². The number of hydrogen-bond donors (Lipinski definition) is 0. The standard InChI is InChI=1S/C24H20BrNO/c25-23(15-18-7-3-1-4-8-18)24-22-12-11-21(16-20(22)13-14-26-24)27-17-19-9-5-2-6-10-19/h1-12,15-16H,13-14,17H2. The lowest BCUT2D eigenvalue weighted by atomic mass is 9.96. The second-order valence-electron chi connectivity index (χ2n) is 6.48. The molecule has 0 saturated heterocycles. The van der Waals surface area contributed by atoms with Crippen molar-refractivity contribution in [2.45, 2.75) is 13.0 Å². The number of rotatable bonds is 5. The molecule has 0 aliphatic carbocycles. The van der Waals surface area contributed by atoms with Gasteiger partial charge in [0.1, 0.15) is 12.4 Å². The highest BCUT2D eigenvalue weighted by atomic mass is 79.9. The van der Waals surface area contributed by atoms with Crippen LogP contribution in [-0.2, 0) is 13.0 Å². The van der Waals surface area contributed by atoms with Crippen LogP contribution < -0.4 is 4.74 Å². The Bertz CT molecular complexity index is 978. The van der Waals surface area contributed by atoms with Crippen molar-refractivity contribution in [3.8, 4) is 5.75 Å². The Kier molecular flexibility index (Phi) is 5.50. The molecular formula is C24H20BrNO. The molecule has 0 unspecified atom stereocenters. The molecule has 0 bridgehead atoms. The summed E-state index contributed by atoms with van der Waals surface area (Å²) in [5.74, 6) is 0.905. The first kappa shape index (κ1) is 17.7. The topological polar surface area (TPSA) is 21.6 Å². The number of halogens is 1. The Morgan fingerprint density at radius 3 is 2.48 bits per heavy atom. The molecule has 0 fully saturated rings. The van der Waals surface area contributed by atoms with E-state index < -0.39 is 0 Å². The molecule has 27 heavy (non-hydrogen) atoms. The Hall–Kier alpha value is -2.65. The fourth-order valence-electron chi connectivity index (χ4n) is 3.18. The minimum Gasteiger partial charge on any atom is -0.489 e. The maximum atomic E-state index is 5.98. The average Bonchev–Trinajstić information content (AvgIpc) is 2.73. The summed E-state index contributed by atoms with van der Waals surface area (Å²) in [5, 5.41) is 0. The molecule has 0 aromatic heterocycles. The van der Waals surface area contributed by atoms with Crippen LogP contribution in [0, 0.1) is 0 Å². The van der Waals surface area contributed by atoms with Gasteiger partial charge >= 0.3 is 0 Å². The Morgan fingerprint density at radius 2 is 1.70 bits per heavy atom. The van der Waals surface area contributed by atoms with Crippen molar-refractivity contribution in [1.29, 1.82) is 0 Å². The van der Waals surface area contributed by atoms with Crippen molar-refractivity contribution < 1.29 is 4.74 Å².